The minimum Gasteiger partial charge on any atom is -0.454 e. The number of ether oxygens (including phenoxy) is 2. The topological polar surface area (TPSA) is 35.5 Å². The summed E-state index contributed by atoms with van der Waals surface area (Å²) >= 11 is 0. The van der Waals surface area contributed by atoms with Crippen LogP contribution < -0.4 is 9.47 Å². The van der Waals surface area contributed by atoms with E-state index in [2.05, 4.69) is 20.8 Å². The largest absolute Gasteiger partial charge is 0.454 e. The van der Waals surface area contributed by atoms with Crippen LogP contribution in [0.5, 0.6) is 11.5 Å². The zero-order chi connectivity index (χ0) is 12.6. The lowest BCUT2D eigenvalue weighted by Crippen LogP contribution is -2.19. The minimum absolute atomic E-state index is 0.0397. The van der Waals surface area contributed by atoms with Crippen molar-refractivity contribution >= 4 is 5.78 Å². The summed E-state index contributed by atoms with van der Waals surface area (Å²) in [7, 11) is 0. The molecule has 3 nitrogen and oxygen atoms in total. The van der Waals surface area contributed by atoms with E-state index in [1.54, 1.807) is 13.0 Å². The molecule has 0 saturated carbocycles. The lowest BCUT2D eigenvalue weighted by molar-refractivity contribution is 0.101. The van der Waals surface area contributed by atoms with Crippen LogP contribution in [-0.2, 0) is 5.41 Å². The van der Waals surface area contributed by atoms with Gasteiger partial charge in [-0.3, -0.25) is 4.79 Å². The molecule has 0 aromatic heterocycles. The highest BCUT2D eigenvalue weighted by Gasteiger charge is 2.27. The predicted octanol–water partition coefficient (Wildman–Crippen LogP) is 3.31. The predicted molar refractivity (Wildman–Crippen MR) is 65.9 cm³/mol. The van der Waals surface area contributed by atoms with Gasteiger partial charge in [-0.15, -0.1) is 0 Å². The van der Waals surface area contributed by atoms with Gasteiger partial charge in [-0.25, -0.2) is 0 Å². The molecule has 92 valence electrons. The number of carbonyl (C=O) groups is 1. The molecule has 0 N–H and O–H groups in total. The summed E-state index contributed by atoms with van der Waals surface area (Å²) in [6.07, 6.45) is 0.965. The third-order valence-corrected chi connectivity index (χ3v) is 3.51. The number of rotatable bonds is 3. The molecule has 1 aliphatic heterocycles. The van der Waals surface area contributed by atoms with Crippen molar-refractivity contribution in [3.8, 4) is 11.5 Å². The summed E-state index contributed by atoms with van der Waals surface area (Å²) in [5.41, 5.74) is 1.74. The quantitative estimate of drug-likeness (QED) is 0.753. The first-order valence-electron chi connectivity index (χ1n) is 5.91. The number of fused-ring (bicyclic) bond motifs is 1. The Balaban J connectivity index is 2.60. The summed E-state index contributed by atoms with van der Waals surface area (Å²) in [5, 5.41) is 0. The van der Waals surface area contributed by atoms with Gasteiger partial charge in [-0.1, -0.05) is 20.8 Å². The smallest absolute Gasteiger partial charge is 0.231 e. The van der Waals surface area contributed by atoms with Crippen molar-refractivity contribution in [2.45, 2.75) is 39.5 Å². The van der Waals surface area contributed by atoms with Gasteiger partial charge in [0, 0.05) is 5.56 Å². The van der Waals surface area contributed by atoms with E-state index in [0.717, 1.165) is 23.3 Å². The van der Waals surface area contributed by atoms with Gasteiger partial charge in [0.15, 0.2) is 17.3 Å². The summed E-state index contributed by atoms with van der Waals surface area (Å²) < 4.78 is 10.7. The molecule has 1 aromatic rings. The maximum absolute atomic E-state index is 11.7. The van der Waals surface area contributed by atoms with Gasteiger partial charge in [-0.05, 0) is 36.5 Å². The zero-order valence-electron chi connectivity index (χ0n) is 10.8. The van der Waals surface area contributed by atoms with Crippen molar-refractivity contribution in [3.63, 3.8) is 0 Å². The first-order valence-corrected chi connectivity index (χ1v) is 5.91. The van der Waals surface area contributed by atoms with Crippen LogP contribution in [0.4, 0.5) is 0 Å². The summed E-state index contributed by atoms with van der Waals surface area (Å²) in [4.78, 5) is 11.7. The van der Waals surface area contributed by atoms with Crippen LogP contribution in [0.3, 0.4) is 0 Å². The molecule has 0 radical (unpaired) electrons. The Bertz CT molecular complexity index is 461. The maximum Gasteiger partial charge on any atom is 0.231 e. The van der Waals surface area contributed by atoms with E-state index in [-0.39, 0.29) is 18.0 Å². The highest BCUT2D eigenvalue weighted by molar-refractivity contribution is 5.96. The van der Waals surface area contributed by atoms with E-state index >= 15 is 0 Å². The Morgan fingerprint density at radius 1 is 1.29 bits per heavy atom. The Kier molecular flexibility index (Phi) is 2.86. The molecule has 3 heteroatoms. The lowest BCUT2D eigenvalue weighted by Gasteiger charge is -2.26. The van der Waals surface area contributed by atoms with Crippen molar-refractivity contribution < 1.29 is 14.3 Å². The highest BCUT2D eigenvalue weighted by Crippen LogP contribution is 2.40. The minimum atomic E-state index is -0.0397. The molecule has 0 amide bonds. The molecule has 0 unspecified atom stereocenters. The fraction of sp³-hybridized carbons (Fsp3) is 0.500. The normalized spacial score (nSPS) is 13.9. The van der Waals surface area contributed by atoms with Crippen LogP contribution in [0, 0.1) is 0 Å². The number of Topliss-reactive ketones (excluding diaryl/α,β-unsaturated/α-hetero) is 1. The molecule has 0 aliphatic carbocycles. The second-order valence-corrected chi connectivity index (χ2v) is 5.04. The van der Waals surface area contributed by atoms with Crippen LogP contribution in [0.1, 0.15) is 50.0 Å². The van der Waals surface area contributed by atoms with Gasteiger partial charge < -0.3 is 9.47 Å². The van der Waals surface area contributed by atoms with Gasteiger partial charge in [0.25, 0.3) is 0 Å². The van der Waals surface area contributed by atoms with Crippen LogP contribution in [-0.4, -0.2) is 12.6 Å². The van der Waals surface area contributed by atoms with Crippen molar-refractivity contribution in [3.05, 3.63) is 23.3 Å². The van der Waals surface area contributed by atoms with E-state index in [9.17, 15) is 4.79 Å². The van der Waals surface area contributed by atoms with Gasteiger partial charge in [0.05, 0.1) is 0 Å². The Morgan fingerprint density at radius 3 is 2.41 bits per heavy atom. The molecule has 0 spiro atoms. The first-order chi connectivity index (χ1) is 7.95. The van der Waals surface area contributed by atoms with Gasteiger partial charge in [0.2, 0.25) is 6.79 Å². The molecule has 0 fully saturated rings. The van der Waals surface area contributed by atoms with Crippen molar-refractivity contribution in [1.82, 2.24) is 0 Å². The monoisotopic (exact) mass is 234 g/mol. The highest BCUT2D eigenvalue weighted by atomic mass is 16.7. The Hall–Kier alpha value is -1.51. The molecule has 1 aromatic carbocycles. The molecule has 2 rings (SSSR count). The van der Waals surface area contributed by atoms with Crippen molar-refractivity contribution in [2.75, 3.05) is 6.79 Å². The number of hydrogen-bond donors (Lipinski definition) is 0. The Morgan fingerprint density at radius 2 is 1.88 bits per heavy atom. The fourth-order valence-corrected chi connectivity index (χ4v) is 1.98. The molecule has 17 heavy (non-hydrogen) atoms. The SMILES string of the molecule is CCC(C)(C)c1cc2c(cc1C(C)=O)OCO2. The molecular formula is C14H18O3. The van der Waals surface area contributed by atoms with Crippen molar-refractivity contribution in [1.29, 1.82) is 0 Å². The first kappa shape index (κ1) is 12.0. The molecule has 0 saturated heterocycles. The maximum atomic E-state index is 11.7. The third kappa shape index (κ3) is 2.02. The van der Waals surface area contributed by atoms with E-state index in [0.29, 0.717) is 5.75 Å². The summed E-state index contributed by atoms with van der Waals surface area (Å²) in [5.74, 6) is 1.48. The van der Waals surface area contributed by atoms with Crippen LogP contribution in [0.15, 0.2) is 12.1 Å². The molecule has 1 heterocycles. The van der Waals surface area contributed by atoms with E-state index in [1.165, 1.54) is 0 Å². The van der Waals surface area contributed by atoms with E-state index < -0.39 is 0 Å². The lowest BCUT2D eigenvalue weighted by atomic mass is 9.78. The number of carbonyl (C=O) groups excluding carboxylic acids is 1. The van der Waals surface area contributed by atoms with Crippen LogP contribution >= 0.6 is 0 Å². The molecule has 0 atom stereocenters. The number of ketones is 1. The standard InChI is InChI=1S/C14H18O3/c1-5-14(3,4)11-7-13-12(16-8-17-13)6-10(11)9(2)15/h6-7H,5,8H2,1-4H3. The van der Waals surface area contributed by atoms with Crippen LogP contribution in [0.2, 0.25) is 0 Å². The fourth-order valence-electron chi connectivity index (χ4n) is 1.98. The van der Waals surface area contributed by atoms with Gasteiger partial charge in [-0.2, -0.15) is 0 Å². The zero-order valence-corrected chi connectivity index (χ0v) is 10.8. The second-order valence-electron chi connectivity index (χ2n) is 5.04. The third-order valence-electron chi connectivity index (χ3n) is 3.51. The number of hydrogen-bond acceptors (Lipinski definition) is 3. The number of benzene rings is 1. The average molecular weight is 234 g/mol. The summed E-state index contributed by atoms with van der Waals surface area (Å²) in [6.45, 7) is 8.22. The van der Waals surface area contributed by atoms with Gasteiger partial charge >= 0.3 is 0 Å². The van der Waals surface area contributed by atoms with E-state index in [4.69, 9.17) is 9.47 Å². The van der Waals surface area contributed by atoms with Crippen LogP contribution in [0.25, 0.3) is 0 Å². The van der Waals surface area contributed by atoms with Crippen molar-refractivity contribution in [2.24, 2.45) is 0 Å². The second kappa shape index (κ2) is 4.06. The van der Waals surface area contributed by atoms with Gasteiger partial charge in [0.1, 0.15) is 0 Å². The summed E-state index contributed by atoms with van der Waals surface area (Å²) in [6, 6.07) is 3.75. The Labute approximate surface area is 102 Å². The average Bonchev–Trinajstić information content (AvgIpc) is 2.74. The molecular weight excluding hydrogens is 216 g/mol. The van der Waals surface area contributed by atoms with E-state index in [1.807, 2.05) is 6.07 Å². The molecule has 0 bridgehead atoms. The molecule has 1 aliphatic rings.